The number of nitrogens with zero attached hydrogens (tertiary/aromatic N) is 6. The third-order valence-electron chi connectivity index (χ3n) is 15.1. The van der Waals surface area contributed by atoms with Crippen molar-refractivity contribution in [3.63, 3.8) is 0 Å². The Bertz CT molecular complexity index is 3150. The molecule has 68 heavy (non-hydrogen) atoms. The Morgan fingerprint density at radius 1 is 0.485 bits per heavy atom. The number of aromatic nitrogens is 2. The van der Waals surface area contributed by atoms with Crippen LogP contribution in [0.4, 0.5) is 45.8 Å². The van der Waals surface area contributed by atoms with Gasteiger partial charge in [-0.1, -0.05) is 169 Å². The molecule has 4 heterocycles. The maximum absolute atomic E-state index is 5.38. The first-order chi connectivity index (χ1) is 33.2. The van der Waals surface area contributed by atoms with E-state index in [9.17, 15) is 0 Å². The van der Waals surface area contributed by atoms with Crippen molar-refractivity contribution in [2.24, 2.45) is 0 Å². The number of benzene rings is 7. The van der Waals surface area contributed by atoms with Crippen molar-refractivity contribution in [1.82, 2.24) is 9.97 Å². The molecule has 2 atom stereocenters. The average molecular weight is 889 g/mol. The van der Waals surface area contributed by atoms with E-state index in [0.717, 1.165) is 76.2 Å². The maximum Gasteiger partial charge on any atom is 0.178 e. The highest BCUT2D eigenvalue weighted by molar-refractivity contribution is 5.97. The van der Waals surface area contributed by atoms with Gasteiger partial charge in [0, 0.05) is 40.4 Å². The molecule has 0 amide bonds. The molecule has 0 saturated heterocycles. The van der Waals surface area contributed by atoms with E-state index in [-0.39, 0.29) is 11.6 Å². The van der Waals surface area contributed by atoms with Gasteiger partial charge in [-0.05, 0) is 124 Å². The zero-order valence-electron chi connectivity index (χ0n) is 40.1. The van der Waals surface area contributed by atoms with Crippen LogP contribution in [0.1, 0.15) is 94.9 Å². The third kappa shape index (κ3) is 6.91. The molecule has 0 aliphatic carbocycles. The lowest BCUT2D eigenvalue weighted by molar-refractivity contribution is 0.405. The minimum absolute atomic E-state index is 0.276. The van der Waals surface area contributed by atoms with Crippen LogP contribution >= 0.6 is 0 Å². The van der Waals surface area contributed by atoms with Crippen LogP contribution in [-0.2, 0) is 5.41 Å². The summed E-state index contributed by atoms with van der Waals surface area (Å²) in [6.07, 6.45) is 5.56. The van der Waals surface area contributed by atoms with Crippen molar-refractivity contribution in [2.75, 3.05) is 19.6 Å². The first kappa shape index (κ1) is 43.1. The molecule has 11 rings (SSSR count). The fraction of sp³-hybridized carbons (Fsp3) is 0.226. The van der Waals surface area contributed by atoms with Crippen molar-refractivity contribution in [1.29, 1.82) is 0 Å². The normalized spacial score (nSPS) is 17.0. The lowest BCUT2D eigenvalue weighted by Gasteiger charge is -2.45. The smallest absolute Gasteiger partial charge is 0.178 e. The van der Waals surface area contributed by atoms with Crippen LogP contribution in [0, 0.1) is 0 Å². The number of allylic oxidation sites excluding steroid dienone is 1. The van der Waals surface area contributed by atoms with E-state index < -0.39 is 6.17 Å². The summed E-state index contributed by atoms with van der Waals surface area (Å²) in [6, 6.07) is 63.0. The second-order valence-electron chi connectivity index (χ2n) is 19.4. The van der Waals surface area contributed by atoms with E-state index in [1.165, 1.54) is 38.9 Å². The second-order valence-corrected chi connectivity index (χ2v) is 19.4. The Morgan fingerprint density at radius 3 is 1.53 bits per heavy atom. The molecule has 0 N–H and O–H groups in total. The fourth-order valence-electron chi connectivity index (χ4n) is 11.7. The number of para-hydroxylation sites is 4. The van der Waals surface area contributed by atoms with E-state index in [1.807, 2.05) is 12.4 Å². The van der Waals surface area contributed by atoms with Crippen LogP contribution in [0.3, 0.4) is 0 Å². The van der Waals surface area contributed by atoms with Gasteiger partial charge in [-0.2, -0.15) is 0 Å². The zero-order valence-corrected chi connectivity index (χ0v) is 40.1. The second kappa shape index (κ2) is 17.3. The van der Waals surface area contributed by atoms with Crippen LogP contribution in [0.2, 0.25) is 0 Å². The van der Waals surface area contributed by atoms with Crippen LogP contribution in [0.5, 0.6) is 0 Å². The summed E-state index contributed by atoms with van der Waals surface area (Å²) in [5.74, 6) is 2.35. The highest BCUT2D eigenvalue weighted by Gasteiger charge is 2.54. The van der Waals surface area contributed by atoms with Crippen molar-refractivity contribution in [3.05, 3.63) is 211 Å². The van der Waals surface area contributed by atoms with E-state index >= 15 is 0 Å². The number of fused-ring (bicyclic) bond motifs is 11. The Labute approximate surface area is 402 Å². The number of rotatable bonds is 8. The van der Waals surface area contributed by atoms with E-state index in [4.69, 9.17) is 16.5 Å². The molecule has 0 radical (unpaired) electrons. The molecule has 0 bridgehead atoms. The summed E-state index contributed by atoms with van der Waals surface area (Å²) in [5, 5.41) is 0. The van der Waals surface area contributed by atoms with Crippen molar-refractivity contribution < 1.29 is 0 Å². The quantitative estimate of drug-likeness (QED) is 0.151. The molecule has 0 saturated carbocycles. The van der Waals surface area contributed by atoms with Gasteiger partial charge in [0.25, 0.3) is 0 Å². The summed E-state index contributed by atoms with van der Waals surface area (Å²) in [7, 11) is 0. The van der Waals surface area contributed by atoms with Crippen LogP contribution in [0.15, 0.2) is 189 Å². The van der Waals surface area contributed by atoms with Gasteiger partial charge in [0.2, 0.25) is 0 Å². The largest absolute Gasteiger partial charge is 0.314 e. The predicted molar refractivity (Wildman–Crippen MR) is 285 cm³/mol. The summed E-state index contributed by atoms with van der Waals surface area (Å²) < 4.78 is 0. The molecule has 1 aromatic heterocycles. The van der Waals surface area contributed by atoms with Gasteiger partial charge < -0.3 is 9.80 Å². The van der Waals surface area contributed by atoms with Gasteiger partial charge in [-0.25, -0.2) is 9.97 Å². The summed E-state index contributed by atoms with van der Waals surface area (Å²) in [5.41, 5.74) is 17.5. The molecular weight excluding hydrogens is 829 g/mol. The van der Waals surface area contributed by atoms with Gasteiger partial charge in [-0.15, -0.1) is 0 Å². The highest BCUT2D eigenvalue weighted by Crippen LogP contribution is 2.59. The topological polar surface area (TPSA) is 38.7 Å². The van der Waals surface area contributed by atoms with Crippen molar-refractivity contribution >= 4 is 51.3 Å². The summed E-state index contributed by atoms with van der Waals surface area (Å²) in [6.45, 7) is 19.0. The standard InChI is InChI=1S/C62H60N6/c1-8-62(9-2)40-43(7)50-34-32-44(51-28-18-16-26-48(51)41(3)4)38-56(50)67-55-31-21-20-30-54(55)65(46-22-12-10-13-23-46)60(67)61-66(47-24-14-11-15-25-47)58-59(64-37-36-63-58)68(61)57-39-45(33-35-53(57)62)52-29-19-17-27-49(52)42(5)6/h10-39,41-42,60-61H,7-9,40H2,1-6H3. The number of anilines is 8. The van der Waals surface area contributed by atoms with E-state index in [0.29, 0.717) is 11.8 Å². The van der Waals surface area contributed by atoms with Gasteiger partial charge in [0.1, 0.15) is 0 Å². The molecule has 8 aromatic rings. The van der Waals surface area contributed by atoms with Gasteiger partial charge in [0.05, 0.1) is 17.1 Å². The van der Waals surface area contributed by atoms with E-state index in [1.54, 1.807) is 0 Å². The lowest BCUT2D eigenvalue weighted by atomic mass is 9.69. The van der Waals surface area contributed by atoms with Crippen LogP contribution in [-0.4, -0.2) is 22.3 Å². The molecule has 7 aromatic carbocycles. The molecule has 2 unspecified atom stereocenters. The molecular formula is C62H60N6. The van der Waals surface area contributed by atoms with Gasteiger partial charge >= 0.3 is 0 Å². The van der Waals surface area contributed by atoms with Crippen LogP contribution < -0.4 is 19.6 Å². The zero-order chi connectivity index (χ0) is 46.7. The number of hydrogen-bond acceptors (Lipinski definition) is 6. The highest BCUT2D eigenvalue weighted by atomic mass is 15.6. The number of hydrogen-bond donors (Lipinski definition) is 0. The first-order valence-corrected chi connectivity index (χ1v) is 24.6. The fourth-order valence-corrected chi connectivity index (χ4v) is 11.7. The Balaban J connectivity index is 1.30. The molecule has 338 valence electrons. The van der Waals surface area contributed by atoms with Crippen molar-refractivity contribution in [3.8, 4) is 22.3 Å². The third-order valence-corrected chi connectivity index (χ3v) is 15.1. The average Bonchev–Trinajstić information content (AvgIpc) is 3.91. The predicted octanol–water partition coefficient (Wildman–Crippen LogP) is 16.5. The minimum atomic E-state index is -0.408. The van der Waals surface area contributed by atoms with E-state index in [2.05, 4.69) is 231 Å². The Morgan fingerprint density at radius 2 is 0.956 bits per heavy atom. The lowest BCUT2D eigenvalue weighted by Crippen LogP contribution is -2.58. The van der Waals surface area contributed by atoms with Gasteiger partial charge in [-0.3, -0.25) is 9.80 Å². The molecule has 3 aliphatic heterocycles. The SMILES string of the molecule is C=C1CC(CC)(CC)c2ccc(-c3ccccc3C(C)C)cc2N2c3nccnc3N(c3ccccc3)C2C2N(c3ccccc3)c3ccccc3N2c2cc(-c3ccccc3C(C)C)ccc21. The van der Waals surface area contributed by atoms with Crippen molar-refractivity contribution in [2.45, 2.75) is 90.4 Å². The monoisotopic (exact) mass is 888 g/mol. The molecule has 0 spiro atoms. The molecule has 0 fully saturated rings. The Kier molecular flexibility index (Phi) is 11.0. The Hall–Kier alpha value is -7.44. The minimum Gasteiger partial charge on any atom is -0.314 e. The maximum atomic E-state index is 5.38. The molecule has 6 heteroatoms. The summed E-state index contributed by atoms with van der Waals surface area (Å²) >= 11 is 0. The first-order valence-electron chi connectivity index (χ1n) is 24.6. The van der Waals surface area contributed by atoms with Crippen LogP contribution in [0.25, 0.3) is 27.8 Å². The molecule has 6 nitrogen and oxygen atoms in total. The molecule has 3 aliphatic rings. The van der Waals surface area contributed by atoms with Gasteiger partial charge in [0.15, 0.2) is 24.0 Å². The summed E-state index contributed by atoms with van der Waals surface area (Å²) in [4.78, 5) is 20.9.